The van der Waals surface area contributed by atoms with E-state index in [1.165, 1.54) is 0 Å². The fraction of sp³-hybridized carbons (Fsp3) is 0.600. The van der Waals surface area contributed by atoms with Crippen LogP contribution in [0, 0.1) is 0 Å². The van der Waals surface area contributed by atoms with E-state index in [-0.39, 0.29) is 0 Å². The van der Waals surface area contributed by atoms with E-state index in [4.69, 9.17) is 5.73 Å². The number of aliphatic imine (C=N–C) groups is 1. The summed E-state index contributed by atoms with van der Waals surface area (Å²) >= 11 is 0. The molecule has 0 amide bonds. The van der Waals surface area contributed by atoms with Crippen LogP contribution in [0.5, 0.6) is 0 Å². The van der Waals surface area contributed by atoms with E-state index in [2.05, 4.69) is 10.9 Å². The van der Waals surface area contributed by atoms with Gasteiger partial charge in [-0.25, -0.2) is 4.99 Å². The first-order valence-electron chi connectivity index (χ1n) is 2.29. The third kappa shape index (κ3) is 5.25. The number of nitrogens with zero attached hydrogens (tertiary/aromatic N) is 1. The molecule has 7 heavy (non-hydrogen) atoms. The highest BCUT2D eigenvalue weighted by atomic mass is 14.7. The zero-order valence-electron chi connectivity index (χ0n) is 4.73. The summed E-state index contributed by atoms with van der Waals surface area (Å²) in [5.74, 6) is 2.61. The van der Waals surface area contributed by atoms with Crippen molar-refractivity contribution in [2.24, 2.45) is 10.7 Å². The van der Waals surface area contributed by atoms with Crippen LogP contribution in [-0.4, -0.2) is 12.4 Å². The summed E-state index contributed by atoms with van der Waals surface area (Å²) in [4.78, 5) is 3.76. The highest BCUT2D eigenvalue weighted by Crippen LogP contribution is 1.65. The molecule has 0 aromatic rings. The molecule has 0 aliphatic heterocycles. The third-order valence-corrected chi connectivity index (χ3v) is 0.414. The largest absolute Gasteiger partial charge is 0.395 e. The van der Waals surface area contributed by atoms with Crippen molar-refractivity contribution in [3.05, 3.63) is 5.70 Å². The van der Waals surface area contributed by atoms with Gasteiger partial charge in [-0.3, -0.25) is 0 Å². The monoisotopic (exact) mass is 98.1 g/mol. The molecular formula is C5H10N2. The third-order valence-electron chi connectivity index (χ3n) is 0.414. The highest BCUT2D eigenvalue weighted by molar-refractivity contribution is 5.55. The van der Waals surface area contributed by atoms with E-state index in [9.17, 15) is 0 Å². The first-order valence-corrected chi connectivity index (χ1v) is 2.29. The number of allylic oxidation sites excluding steroid dienone is 1. The molecule has 0 aliphatic rings. The number of nitrogens with two attached hydrogens (primary N) is 1. The Labute approximate surface area is 43.7 Å². The van der Waals surface area contributed by atoms with Crippen molar-refractivity contribution in [3.8, 4) is 0 Å². The van der Waals surface area contributed by atoms with Crippen LogP contribution in [-0.2, 0) is 0 Å². The summed E-state index contributed by atoms with van der Waals surface area (Å²) in [5.41, 5.74) is 5.83. The van der Waals surface area contributed by atoms with Crippen LogP contribution >= 0.6 is 0 Å². The highest BCUT2D eigenvalue weighted by Gasteiger charge is 1.64. The Balaban J connectivity index is 3.62. The fourth-order valence-electron chi connectivity index (χ4n) is 0.204. The van der Waals surface area contributed by atoms with Crippen LogP contribution in [0.2, 0.25) is 0 Å². The van der Waals surface area contributed by atoms with Gasteiger partial charge in [0.25, 0.3) is 0 Å². The first kappa shape index (κ1) is 6.25. The van der Waals surface area contributed by atoms with Crippen molar-refractivity contribution < 1.29 is 0 Å². The van der Waals surface area contributed by atoms with Crippen LogP contribution in [0.25, 0.3) is 0 Å². The van der Waals surface area contributed by atoms with E-state index in [0.29, 0.717) is 5.70 Å². The van der Waals surface area contributed by atoms with E-state index in [1.54, 1.807) is 6.92 Å². The molecule has 0 atom stereocenters. The van der Waals surface area contributed by atoms with Crippen LogP contribution in [0.15, 0.2) is 10.7 Å². The minimum atomic E-state index is 0.641. The second-order valence-electron chi connectivity index (χ2n) is 1.27. The molecule has 0 saturated heterocycles. The topological polar surface area (TPSA) is 38.4 Å². The molecule has 0 bridgehead atoms. The van der Waals surface area contributed by atoms with E-state index >= 15 is 0 Å². The smallest absolute Gasteiger partial charge is 0.0673 e. The van der Waals surface area contributed by atoms with Gasteiger partial charge in [0.1, 0.15) is 0 Å². The maximum atomic E-state index is 5.19. The van der Waals surface area contributed by atoms with Gasteiger partial charge in [-0.2, -0.15) is 0 Å². The van der Waals surface area contributed by atoms with Gasteiger partial charge in [-0.05, 0) is 13.8 Å². The molecule has 0 unspecified atom stereocenters. The quantitative estimate of drug-likeness (QED) is 0.477. The molecule has 2 heteroatoms. The maximum Gasteiger partial charge on any atom is 0.0673 e. The molecule has 0 spiro atoms. The number of hydrogen-bond donors (Lipinski definition) is 1. The number of hydrogen-bond acceptors (Lipinski definition) is 2. The van der Waals surface area contributed by atoms with Crippen molar-refractivity contribution >= 4 is 5.87 Å². The Morgan fingerprint density at radius 3 is 2.57 bits per heavy atom. The Kier molecular flexibility index (Phi) is 3.07. The van der Waals surface area contributed by atoms with Gasteiger partial charge < -0.3 is 5.73 Å². The van der Waals surface area contributed by atoms with Gasteiger partial charge in [0.2, 0.25) is 0 Å². The summed E-state index contributed by atoms with van der Waals surface area (Å²) in [7, 11) is 0. The number of rotatable bonds is 1. The van der Waals surface area contributed by atoms with Crippen molar-refractivity contribution in [3.63, 3.8) is 0 Å². The standard InChI is InChI=1S/C5H10N2/c1-3-7-4-5(2)6/h3,6H2,1-2H3. The normalized spacial score (nSPS) is 7.14. The molecule has 0 radical (unpaired) electrons. The zero-order valence-corrected chi connectivity index (χ0v) is 4.73. The van der Waals surface area contributed by atoms with Crippen molar-refractivity contribution in [1.29, 1.82) is 0 Å². The van der Waals surface area contributed by atoms with Crippen molar-refractivity contribution in [2.75, 3.05) is 6.54 Å². The summed E-state index contributed by atoms with van der Waals surface area (Å²) < 4.78 is 0. The van der Waals surface area contributed by atoms with Crippen molar-refractivity contribution in [2.45, 2.75) is 13.8 Å². The second kappa shape index (κ2) is 3.44. The van der Waals surface area contributed by atoms with Gasteiger partial charge in [-0.15, -0.1) is 0 Å². The molecule has 2 N–H and O–H groups in total. The summed E-state index contributed by atoms with van der Waals surface area (Å²) in [6, 6.07) is 0. The molecule has 0 aromatic carbocycles. The van der Waals surface area contributed by atoms with Gasteiger partial charge in [0, 0.05) is 12.4 Å². The van der Waals surface area contributed by atoms with Crippen LogP contribution in [0.3, 0.4) is 0 Å². The first-order chi connectivity index (χ1) is 3.27. The predicted octanol–water partition coefficient (Wildman–Crippen LogP) is 0.539. The Morgan fingerprint density at radius 2 is 2.43 bits per heavy atom. The maximum absolute atomic E-state index is 5.19. The van der Waals surface area contributed by atoms with Crippen LogP contribution < -0.4 is 5.73 Å². The Bertz CT molecular complexity index is 94.6. The summed E-state index contributed by atoms with van der Waals surface area (Å²) in [5, 5.41) is 0. The van der Waals surface area contributed by atoms with Crippen LogP contribution in [0.4, 0.5) is 0 Å². The SMILES string of the molecule is CCN=C=C(C)N. The Morgan fingerprint density at radius 1 is 1.86 bits per heavy atom. The minimum absolute atomic E-state index is 0.641. The molecule has 2 nitrogen and oxygen atoms in total. The molecule has 0 saturated carbocycles. The van der Waals surface area contributed by atoms with Gasteiger partial charge in [0.05, 0.1) is 5.70 Å². The Hall–Kier alpha value is -0.750. The molecule has 0 fully saturated rings. The molecule has 40 valence electrons. The van der Waals surface area contributed by atoms with Gasteiger partial charge in [-0.1, -0.05) is 0 Å². The van der Waals surface area contributed by atoms with Crippen LogP contribution in [0.1, 0.15) is 13.8 Å². The fourth-order valence-corrected chi connectivity index (χ4v) is 0.204. The zero-order chi connectivity index (χ0) is 5.70. The lowest BCUT2D eigenvalue weighted by atomic mass is 10.6. The lowest BCUT2D eigenvalue weighted by molar-refractivity contribution is 1.14. The van der Waals surface area contributed by atoms with E-state index in [0.717, 1.165) is 6.54 Å². The lowest BCUT2D eigenvalue weighted by Crippen LogP contribution is -1.89. The van der Waals surface area contributed by atoms with E-state index in [1.807, 2.05) is 6.92 Å². The van der Waals surface area contributed by atoms with E-state index < -0.39 is 0 Å². The lowest BCUT2D eigenvalue weighted by Gasteiger charge is -1.75. The summed E-state index contributed by atoms with van der Waals surface area (Å²) in [6.07, 6.45) is 0. The predicted molar refractivity (Wildman–Crippen MR) is 31.4 cm³/mol. The van der Waals surface area contributed by atoms with Gasteiger partial charge in [0.15, 0.2) is 0 Å². The molecule has 0 aromatic heterocycles. The minimum Gasteiger partial charge on any atom is -0.395 e. The molecule has 0 aliphatic carbocycles. The molecule has 0 heterocycles. The average molecular weight is 98.1 g/mol. The van der Waals surface area contributed by atoms with Crippen molar-refractivity contribution in [1.82, 2.24) is 0 Å². The van der Waals surface area contributed by atoms with Gasteiger partial charge >= 0.3 is 0 Å². The summed E-state index contributed by atoms with van der Waals surface area (Å²) in [6.45, 7) is 4.46. The average Bonchev–Trinajstić information content (AvgIpc) is 1.61. The molecule has 0 rings (SSSR count). The molecular weight excluding hydrogens is 88.1 g/mol. The second-order valence-corrected chi connectivity index (χ2v) is 1.27.